The van der Waals surface area contributed by atoms with Crippen molar-refractivity contribution in [3.63, 3.8) is 0 Å². The number of nitrogens with two attached hydrogens (primary N) is 1. The fraction of sp³-hybridized carbons (Fsp3) is 0. The second-order valence-electron chi connectivity index (χ2n) is 3.39. The van der Waals surface area contributed by atoms with E-state index in [9.17, 15) is 13.2 Å². The van der Waals surface area contributed by atoms with Crippen LogP contribution in [0.5, 0.6) is 11.5 Å². The normalized spacial score (nSPS) is 16.9. The number of phenols is 1. The third-order valence-electron chi connectivity index (χ3n) is 2.01. The summed E-state index contributed by atoms with van der Waals surface area (Å²) in [5.41, 5.74) is 5.20. The van der Waals surface area contributed by atoms with Crippen LogP contribution in [0.25, 0.3) is 0 Å². The number of esters is 1. The highest BCUT2D eigenvalue weighted by molar-refractivity contribution is 7.95. The van der Waals surface area contributed by atoms with Crippen molar-refractivity contribution in [2.75, 3.05) is 0 Å². The van der Waals surface area contributed by atoms with Crippen molar-refractivity contribution in [1.82, 2.24) is 0 Å². The van der Waals surface area contributed by atoms with Crippen molar-refractivity contribution < 1.29 is 23.1 Å². The molecule has 0 amide bonds. The van der Waals surface area contributed by atoms with Gasteiger partial charge in [-0.15, -0.1) is 4.40 Å². The van der Waals surface area contributed by atoms with Crippen molar-refractivity contribution >= 4 is 21.8 Å². The molecule has 0 atom stereocenters. The number of phenolic OH excluding ortho intramolecular Hbond substituents is 1. The molecule has 1 aromatic rings. The van der Waals surface area contributed by atoms with Gasteiger partial charge >= 0.3 is 5.97 Å². The van der Waals surface area contributed by atoms with E-state index in [4.69, 9.17) is 15.6 Å². The minimum Gasteiger partial charge on any atom is -0.508 e. The van der Waals surface area contributed by atoms with Crippen LogP contribution in [0.15, 0.2) is 39.6 Å². The average Bonchev–Trinajstić information content (AvgIpc) is 2.51. The SMILES string of the molecule is NC1=NS(=O)(=O)C(C(=O)Oc2cccc(O)c2)=C1. The number of hydrogen-bond donors (Lipinski definition) is 2. The Morgan fingerprint density at radius 3 is 2.67 bits per heavy atom. The fourth-order valence-electron chi connectivity index (χ4n) is 1.29. The summed E-state index contributed by atoms with van der Waals surface area (Å²) < 4.78 is 30.7. The quantitative estimate of drug-likeness (QED) is 0.570. The monoisotopic (exact) mass is 268 g/mol. The minimum absolute atomic E-state index is 0.0153. The van der Waals surface area contributed by atoms with E-state index in [2.05, 4.69) is 4.40 Å². The molecule has 1 heterocycles. The summed E-state index contributed by atoms with van der Waals surface area (Å²) in [5.74, 6) is -1.48. The van der Waals surface area contributed by atoms with Gasteiger partial charge in [0.2, 0.25) is 0 Å². The molecular weight excluding hydrogens is 260 g/mol. The van der Waals surface area contributed by atoms with Crippen LogP contribution in [-0.4, -0.2) is 25.3 Å². The molecule has 0 aliphatic carbocycles. The summed E-state index contributed by atoms with van der Waals surface area (Å²) in [6.45, 7) is 0. The van der Waals surface area contributed by atoms with Crippen molar-refractivity contribution in [2.45, 2.75) is 0 Å². The van der Waals surface area contributed by atoms with Crippen molar-refractivity contribution in [2.24, 2.45) is 10.1 Å². The molecule has 0 radical (unpaired) electrons. The number of carbonyl (C=O) groups excluding carboxylic acids is 1. The number of rotatable bonds is 2. The van der Waals surface area contributed by atoms with E-state index in [1.54, 1.807) is 0 Å². The molecule has 0 fully saturated rings. The molecule has 1 aliphatic heterocycles. The summed E-state index contributed by atoms with van der Waals surface area (Å²) in [6.07, 6.45) is 0.917. The number of hydrogen-bond acceptors (Lipinski definition) is 6. The Labute approximate surface area is 102 Å². The van der Waals surface area contributed by atoms with Crippen LogP contribution in [-0.2, 0) is 14.8 Å². The first-order valence-corrected chi connectivity index (χ1v) is 6.16. The number of carbonyl (C=O) groups is 1. The third kappa shape index (κ3) is 2.33. The van der Waals surface area contributed by atoms with Gasteiger partial charge in [-0.05, 0) is 12.1 Å². The van der Waals surface area contributed by atoms with Crippen LogP contribution in [0.3, 0.4) is 0 Å². The van der Waals surface area contributed by atoms with Crippen LogP contribution in [0.1, 0.15) is 0 Å². The lowest BCUT2D eigenvalue weighted by Gasteiger charge is -2.04. The van der Waals surface area contributed by atoms with Gasteiger partial charge in [-0.25, -0.2) is 4.79 Å². The Kier molecular flexibility index (Phi) is 2.79. The minimum atomic E-state index is -4.08. The summed E-state index contributed by atoms with van der Waals surface area (Å²) in [5, 5.41) is 9.17. The van der Waals surface area contributed by atoms with E-state index >= 15 is 0 Å². The predicted molar refractivity (Wildman–Crippen MR) is 62.4 cm³/mol. The smallest absolute Gasteiger partial charge is 0.357 e. The van der Waals surface area contributed by atoms with Crippen LogP contribution in [0.2, 0.25) is 0 Å². The van der Waals surface area contributed by atoms with E-state index in [-0.39, 0.29) is 17.3 Å². The molecule has 3 N–H and O–H groups in total. The molecule has 0 saturated carbocycles. The molecule has 7 nitrogen and oxygen atoms in total. The van der Waals surface area contributed by atoms with E-state index in [1.165, 1.54) is 24.3 Å². The predicted octanol–water partition coefficient (Wildman–Crippen LogP) is -0.118. The van der Waals surface area contributed by atoms with Gasteiger partial charge < -0.3 is 15.6 Å². The maximum Gasteiger partial charge on any atom is 0.357 e. The highest BCUT2D eigenvalue weighted by Crippen LogP contribution is 2.22. The lowest BCUT2D eigenvalue weighted by Crippen LogP contribution is -2.15. The van der Waals surface area contributed by atoms with Gasteiger partial charge in [0, 0.05) is 12.1 Å². The van der Waals surface area contributed by atoms with Crippen LogP contribution >= 0.6 is 0 Å². The number of aromatic hydroxyl groups is 1. The molecule has 1 aromatic carbocycles. The second-order valence-corrected chi connectivity index (χ2v) is 4.96. The van der Waals surface area contributed by atoms with Crippen LogP contribution in [0, 0.1) is 0 Å². The number of ether oxygens (including phenoxy) is 1. The molecule has 2 rings (SSSR count). The van der Waals surface area contributed by atoms with E-state index in [1.807, 2.05) is 0 Å². The Balaban J connectivity index is 2.23. The number of nitrogens with zero attached hydrogens (tertiary/aromatic N) is 1. The second kappa shape index (κ2) is 4.15. The van der Waals surface area contributed by atoms with Crippen molar-refractivity contribution in [1.29, 1.82) is 0 Å². The first-order chi connectivity index (χ1) is 8.38. The first-order valence-electron chi connectivity index (χ1n) is 4.72. The Morgan fingerprint density at radius 1 is 1.39 bits per heavy atom. The average molecular weight is 268 g/mol. The van der Waals surface area contributed by atoms with E-state index in [0.29, 0.717) is 0 Å². The zero-order valence-corrected chi connectivity index (χ0v) is 9.72. The standard InChI is InChI=1S/C10H8N2O5S/c11-9-5-8(18(15,16)12-9)10(14)17-7-3-1-2-6(13)4-7/h1-5,13H,(H2,11,12). The lowest BCUT2D eigenvalue weighted by atomic mass is 10.3. The number of amidine groups is 1. The van der Waals surface area contributed by atoms with Gasteiger partial charge in [0.1, 0.15) is 17.3 Å². The van der Waals surface area contributed by atoms with E-state index in [0.717, 1.165) is 6.08 Å². The Bertz CT molecular complexity index is 675. The Hall–Kier alpha value is -2.35. The third-order valence-corrected chi connectivity index (χ3v) is 3.30. The van der Waals surface area contributed by atoms with Gasteiger partial charge in [0.25, 0.3) is 10.0 Å². The number of sulfonamides is 1. The molecule has 8 heteroatoms. The molecule has 0 saturated heterocycles. The van der Waals surface area contributed by atoms with Crippen molar-refractivity contribution in [3.8, 4) is 11.5 Å². The summed E-state index contributed by atoms with van der Waals surface area (Å²) in [7, 11) is -4.08. The molecule has 0 spiro atoms. The maximum absolute atomic E-state index is 11.6. The molecule has 94 valence electrons. The zero-order chi connectivity index (χ0) is 13.3. The molecular formula is C10H8N2O5S. The van der Waals surface area contributed by atoms with Gasteiger partial charge in [-0.1, -0.05) is 6.07 Å². The van der Waals surface area contributed by atoms with Crippen LogP contribution in [0.4, 0.5) is 0 Å². The highest BCUT2D eigenvalue weighted by Gasteiger charge is 2.31. The van der Waals surface area contributed by atoms with Crippen molar-refractivity contribution in [3.05, 3.63) is 35.2 Å². The lowest BCUT2D eigenvalue weighted by molar-refractivity contribution is -0.129. The van der Waals surface area contributed by atoms with E-state index < -0.39 is 20.9 Å². The van der Waals surface area contributed by atoms with Gasteiger partial charge in [-0.3, -0.25) is 0 Å². The highest BCUT2D eigenvalue weighted by atomic mass is 32.2. The summed E-state index contributed by atoms with van der Waals surface area (Å²) >= 11 is 0. The fourth-order valence-corrected chi connectivity index (χ4v) is 2.24. The topological polar surface area (TPSA) is 119 Å². The zero-order valence-electron chi connectivity index (χ0n) is 8.90. The molecule has 18 heavy (non-hydrogen) atoms. The van der Waals surface area contributed by atoms with Crippen LogP contribution < -0.4 is 10.5 Å². The number of benzene rings is 1. The van der Waals surface area contributed by atoms with Gasteiger partial charge in [0.05, 0.1) is 0 Å². The first kappa shape index (κ1) is 12.1. The molecule has 0 unspecified atom stereocenters. The summed E-state index contributed by atoms with van der Waals surface area (Å²) in [4.78, 5) is 11.0. The van der Waals surface area contributed by atoms with Gasteiger partial charge in [-0.2, -0.15) is 8.42 Å². The largest absolute Gasteiger partial charge is 0.508 e. The molecule has 0 bridgehead atoms. The maximum atomic E-state index is 11.6. The van der Waals surface area contributed by atoms with Gasteiger partial charge in [0.15, 0.2) is 4.91 Å². The molecule has 0 aromatic heterocycles. The molecule has 1 aliphatic rings. The summed E-state index contributed by atoms with van der Waals surface area (Å²) in [6, 6.07) is 5.39. The Morgan fingerprint density at radius 2 is 2.11 bits per heavy atom.